The number of carbonyl (C=O) groups is 2. The molecule has 184 valence electrons. The molecule has 1 aliphatic heterocycles. The molecule has 3 rings (SSSR count). The number of carbonyl (C=O) groups excluding carboxylic acids is 2. The average molecular weight is 489 g/mol. The molecular weight excluding hydrogens is 456 g/mol. The lowest BCUT2D eigenvalue weighted by molar-refractivity contribution is -0.137. The number of ether oxygens (including phenoxy) is 1. The van der Waals surface area contributed by atoms with E-state index < -0.39 is 16.1 Å². The first kappa shape index (κ1) is 25.6. The zero-order chi connectivity index (χ0) is 24.9. The van der Waals surface area contributed by atoms with Crippen molar-refractivity contribution in [1.82, 2.24) is 14.6 Å². The van der Waals surface area contributed by atoms with E-state index in [4.69, 9.17) is 4.74 Å². The first-order valence-corrected chi connectivity index (χ1v) is 12.8. The van der Waals surface area contributed by atoms with Gasteiger partial charge in [-0.2, -0.15) is 4.72 Å². The molecule has 1 unspecified atom stereocenters. The monoisotopic (exact) mass is 488 g/mol. The zero-order valence-corrected chi connectivity index (χ0v) is 20.8. The number of hydrogen-bond acceptors (Lipinski definition) is 6. The van der Waals surface area contributed by atoms with E-state index in [1.54, 1.807) is 37.1 Å². The lowest BCUT2D eigenvalue weighted by atomic mass is 9.94. The highest BCUT2D eigenvalue weighted by Crippen LogP contribution is 2.23. The molecule has 10 heteroatoms. The predicted octanol–water partition coefficient (Wildman–Crippen LogP) is 2.58. The van der Waals surface area contributed by atoms with E-state index in [0.717, 1.165) is 5.56 Å². The number of amides is 2. The van der Waals surface area contributed by atoms with Gasteiger partial charge in [0.15, 0.2) is 0 Å². The molecular formula is C24H32N4O5S. The van der Waals surface area contributed by atoms with Crippen molar-refractivity contribution in [1.29, 1.82) is 0 Å². The molecule has 1 aromatic heterocycles. The first-order chi connectivity index (χ1) is 16.1. The third-order valence-corrected chi connectivity index (χ3v) is 7.47. The smallest absolute Gasteiger partial charge is 0.241 e. The van der Waals surface area contributed by atoms with Crippen LogP contribution >= 0.6 is 0 Å². The molecule has 0 aliphatic carbocycles. The van der Waals surface area contributed by atoms with E-state index in [1.807, 2.05) is 19.1 Å². The Hall–Kier alpha value is -2.98. The van der Waals surface area contributed by atoms with Gasteiger partial charge in [-0.05, 0) is 61.6 Å². The van der Waals surface area contributed by atoms with Crippen LogP contribution in [0.2, 0.25) is 0 Å². The fourth-order valence-corrected chi connectivity index (χ4v) is 5.19. The average Bonchev–Trinajstić information content (AvgIpc) is 2.83. The number of hydrogen-bond donors (Lipinski definition) is 2. The minimum atomic E-state index is -3.90. The van der Waals surface area contributed by atoms with Gasteiger partial charge in [0.25, 0.3) is 0 Å². The minimum absolute atomic E-state index is 0.0620. The van der Waals surface area contributed by atoms with Gasteiger partial charge in [-0.1, -0.05) is 19.9 Å². The largest absolute Gasteiger partial charge is 0.497 e. The number of sulfonamides is 1. The second-order valence-corrected chi connectivity index (χ2v) is 10.5. The van der Waals surface area contributed by atoms with Gasteiger partial charge in [0.05, 0.1) is 12.0 Å². The van der Waals surface area contributed by atoms with Gasteiger partial charge in [-0.15, -0.1) is 0 Å². The van der Waals surface area contributed by atoms with Crippen molar-refractivity contribution in [3.05, 3.63) is 48.2 Å². The molecule has 9 nitrogen and oxygen atoms in total. The number of benzene rings is 1. The number of pyridine rings is 1. The number of aromatic nitrogens is 1. The van der Waals surface area contributed by atoms with Gasteiger partial charge in [-0.3, -0.25) is 9.59 Å². The number of anilines is 1. The van der Waals surface area contributed by atoms with Gasteiger partial charge in [0.1, 0.15) is 17.6 Å². The molecule has 0 radical (unpaired) electrons. The van der Waals surface area contributed by atoms with E-state index in [1.165, 1.54) is 19.2 Å². The Morgan fingerprint density at radius 2 is 1.76 bits per heavy atom. The summed E-state index contributed by atoms with van der Waals surface area (Å²) in [7, 11) is -2.40. The van der Waals surface area contributed by atoms with Crippen LogP contribution in [0, 0.1) is 18.8 Å². The lowest BCUT2D eigenvalue weighted by Gasteiger charge is -2.34. The van der Waals surface area contributed by atoms with Crippen LogP contribution in [0.25, 0.3) is 0 Å². The highest BCUT2D eigenvalue weighted by molar-refractivity contribution is 7.89. The summed E-state index contributed by atoms with van der Waals surface area (Å²) in [5, 5.41) is 2.87. The maximum Gasteiger partial charge on any atom is 0.241 e. The summed E-state index contributed by atoms with van der Waals surface area (Å²) in [6, 6.07) is 8.78. The van der Waals surface area contributed by atoms with E-state index in [0.29, 0.717) is 37.5 Å². The second-order valence-electron chi connectivity index (χ2n) is 8.78. The SMILES string of the molecule is COc1ccc(S(=O)(=O)NC(C(=O)N2CCC(C(=O)Nc3ncccc3C)CC2)C(C)C)cc1. The summed E-state index contributed by atoms with van der Waals surface area (Å²) in [5.74, 6) is 0.188. The molecule has 1 saturated heterocycles. The van der Waals surface area contributed by atoms with Crippen LogP contribution in [0.1, 0.15) is 32.3 Å². The summed E-state index contributed by atoms with van der Waals surface area (Å²) in [4.78, 5) is 31.8. The molecule has 0 bridgehead atoms. The summed E-state index contributed by atoms with van der Waals surface area (Å²) in [6.45, 7) is 6.24. The maximum atomic E-state index is 13.2. The fourth-order valence-electron chi connectivity index (χ4n) is 3.86. The normalized spacial score (nSPS) is 15.7. The zero-order valence-electron chi connectivity index (χ0n) is 19.9. The molecule has 34 heavy (non-hydrogen) atoms. The Morgan fingerprint density at radius 1 is 1.12 bits per heavy atom. The summed E-state index contributed by atoms with van der Waals surface area (Å²) in [6.07, 6.45) is 2.63. The minimum Gasteiger partial charge on any atom is -0.497 e. The Bertz CT molecular complexity index is 1110. The molecule has 1 atom stereocenters. The Morgan fingerprint density at radius 3 is 2.32 bits per heavy atom. The number of rotatable bonds is 8. The summed E-state index contributed by atoms with van der Waals surface area (Å²) in [5.41, 5.74) is 0.882. The number of nitrogens with one attached hydrogen (secondary N) is 2. The molecule has 0 spiro atoms. The van der Waals surface area contributed by atoms with Gasteiger partial charge >= 0.3 is 0 Å². The van der Waals surface area contributed by atoms with Crippen molar-refractivity contribution in [3.8, 4) is 5.75 Å². The number of piperidine rings is 1. The number of methoxy groups -OCH3 is 1. The van der Waals surface area contributed by atoms with E-state index in [-0.39, 0.29) is 28.5 Å². The quantitative estimate of drug-likeness (QED) is 0.590. The van der Waals surface area contributed by atoms with Crippen LogP contribution in [-0.4, -0.2) is 56.4 Å². The summed E-state index contributed by atoms with van der Waals surface area (Å²) >= 11 is 0. The lowest BCUT2D eigenvalue weighted by Crippen LogP contribution is -2.53. The van der Waals surface area contributed by atoms with Gasteiger partial charge in [0, 0.05) is 25.2 Å². The second kappa shape index (κ2) is 11.0. The van der Waals surface area contributed by atoms with Crippen molar-refractivity contribution >= 4 is 27.7 Å². The van der Waals surface area contributed by atoms with Crippen molar-refractivity contribution in [2.24, 2.45) is 11.8 Å². The third-order valence-electron chi connectivity index (χ3n) is 6.01. The van der Waals surface area contributed by atoms with Gasteiger partial charge in [-0.25, -0.2) is 13.4 Å². The van der Waals surface area contributed by atoms with Crippen LogP contribution < -0.4 is 14.8 Å². The van der Waals surface area contributed by atoms with E-state index in [2.05, 4.69) is 15.0 Å². The Balaban J connectivity index is 1.62. The highest BCUT2D eigenvalue weighted by Gasteiger charge is 2.34. The molecule has 2 aromatic rings. The predicted molar refractivity (Wildman–Crippen MR) is 129 cm³/mol. The molecule has 1 aromatic carbocycles. The fraction of sp³-hybridized carbons (Fsp3) is 0.458. The number of likely N-dealkylation sites (tertiary alicyclic amines) is 1. The van der Waals surface area contributed by atoms with Crippen molar-refractivity contribution in [3.63, 3.8) is 0 Å². The molecule has 1 aliphatic rings. The van der Waals surface area contributed by atoms with Crippen LogP contribution in [0.4, 0.5) is 5.82 Å². The molecule has 0 saturated carbocycles. The summed E-state index contributed by atoms with van der Waals surface area (Å²) < 4.78 is 33.4. The first-order valence-electron chi connectivity index (χ1n) is 11.3. The van der Waals surface area contributed by atoms with Gasteiger partial charge in [0.2, 0.25) is 21.8 Å². The van der Waals surface area contributed by atoms with Crippen LogP contribution in [0.5, 0.6) is 5.75 Å². The Labute approximate surface area is 201 Å². The van der Waals surface area contributed by atoms with Crippen LogP contribution in [0.15, 0.2) is 47.5 Å². The Kier molecular flexibility index (Phi) is 8.27. The number of nitrogens with zero attached hydrogens (tertiary/aromatic N) is 2. The molecule has 2 N–H and O–H groups in total. The van der Waals surface area contributed by atoms with Crippen molar-refractivity contribution in [2.45, 2.75) is 44.6 Å². The molecule has 2 heterocycles. The number of aryl methyl sites for hydroxylation is 1. The molecule has 2 amide bonds. The standard InChI is InChI=1S/C24H32N4O5S/c1-16(2)21(27-34(31,32)20-9-7-19(33-4)8-10-20)24(30)28-14-11-18(12-15-28)23(29)26-22-17(3)6-5-13-25-22/h5-10,13,16,18,21,27H,11-12,14-15H2,1-4H3,(H,25,26,29). The molecule has 1 fully saturated rings. The van der Waals surface area contributed by atoms with Crippen molar-refractivity contribution in [2.75, 3.05) is 25.5 Å². The van der Waals surface area contributed by atoms with E-state index in [9.17, 15) is 18.0 Å². The van der Waals surface area contributed by atoms with Crippen molar-refractivity contribution < 1.29 is 22.7 Å². The van der Waals surface area contributed by atoms with E-state index >= 15 is 0 Å². The van der Waals surface area contributed by atoms with Crippen LogP contribution in [0.3, 0.4) is 0 Å². The van der Waals surface area contributed by atoms with Crippen LogP contribution in [-0.2, 0) is 19.6 Å². The van der Waals surface area contributed by atoms with Gasteiger partial charge < -0.3 is 15.0 Å². The maximum absolute atomic E-state index is 13.2. The highest BCUT2D eigenvalue weighted by atomic mass is 32.2. The topological polar surface area (TPSA) is 118 Å². The third kappa shape index (κ3) is 6.12.